The Morgan fingerprint density at radius 2 is 1.60 bits per heavy atom. The molecule has 3 rings (SSSR count). The maximum absolute atomic E-state index is 2.27. The van der Waals surface area contributed by atoms with Crippen LogP contribution in [0.4, 0.5) is 0 Å². The molecule has 0 nitrogen and oxygen atoms in total. The zero-order valence-electron chi connectivity index (χ0n) is 12.1. The van der Waals surface area contributed by atoms with Crippen LogP contribution in [0.15, 0.2) is 84.5 Å². The van der Waals surface area contributed by atoms with E-state index in [4.69, 9.17) is 0 Å². The van der Waals surface area contributed by atoms with Crippen LogP contribution in [-0.4, -0.2) is 0 Å². The second-order valence-corrected chi connectivity index (χ2v) is 5.40. The van der Waals surface area contributed by atoms with E-state index >= 15 is 0 Å². The Labute approximate surface area is 133 Å². The molecule has 0 radical (unpaired) electrons. The molecule has 20 heavy (non-hydrogen) atoms. The smallest absolute Gasteiger partial charge is 0.214 e. The fourth-order valence-electron chi connectivity index (χ4n) is 2.15. The van der Waals surface area contributed by atoms with Gasteiger partial charge in [0.25, 0.3) is 0 Å². The van der Waals surface area contributed by atoms with Crippen LogP contribution in [0.3, 0.4) is 0 Å². The average Bonchev–Trinajstić information content (AvgIpc) is 3.05. The summed E-state index contributed by atoms with van der Waals surface area (Å²) in [5, 5.41) is 0. The maximum atomic E-state index is 2.27. The Kier molecular flexibility index (Phi) is 6.64. The van der Waals surface area contributed by atoms with Crippen molar-refractivity contribution in [1.82, 2.24) is 0 Å². The number of rotatable bonds is 2. The molecule has 0 heterocycles. The monoisotopic (exact) mass is 305 g/mol. The van der Waals surface area contributed by atoms with Crippen molar-refractivity contribution in [1.29, 1.82) is 0 Å². The summed E-state index contributed by atoms with van der Waals surface area (Å²) in [5.41, 5.74) is 3.15. The molecule has 0 aromatic heterocycles. The van der Waals surface area contributed by atoms with Gasteiger partial charge in [-0.2, -0.15) is 18.2 Å². The first kappa shape index (κ1) is 16.6. The number of allylic oxidation sites excluding steroid dienone is 4. The molecule has 0 unspecified atom stereocenters. The Balaban J connectivity index is 0.000000283. The van der Waals surface area contributed by atoms with Crippen LogP contribution in [0.5, 0.6) is 0 Å². The van der Waals surface area contributed by atoms with Gasteiger partial charge in [0.15, 0.2) is 0 Å². The zero-order valence-corrected chi connectivity index (χ0v) is 13.2. The minimum atomic E-state index is 0. The first-order valence-electron chi connectivity index (χ1n) is 6.78. The van der Waals surface area contributed by atoms with Crippen LogP contribution in [0, 0.1) is 5.41 Å². The van der Waals surface area contributed by atoms with Crippen LogP contribution >= 0.6 is 0 Å². The summed E-state index contributed by atoms with van der Waals surface area (Å²) in [7, 11) is 0. The quantitative estimate of drug-likeness (QED) is 0.531. The summed E-state index contributed by atoms with van der Waals surface area (Å²) in [6.45, 7) is 4.54. The standard InChI is InChI=1S/C14H16.C5H5.Fe/c1-14(2)10-6-9-13(14)11-12-7-4-3-5-8-12;1-2-4-5-3-1;/h3-10H,11H2,1-2H3;1-5H;/q;-1;+2. The van der Waals surface area contributed by atoms with Gasteiger partial charge in [0, 0.05) is 5.41 Å². The van der Waals surface area contributed by atoms with Gasteiger partial charge in [-0.25, -0.2) is 12.1 Å². The molecule has 104 valence electrons. The van der Waals surface area contributed by atoms with E-state index in [2.05, 4.69) is 62.4 Å². The van der Waals surface area contributed by atoms with Crippen molar-refractivity contribution in [3.8, 4) is 0 Å². The molecular formula is C19H21Fe+. The van der Waals surface area contributed by atoms with Gasteiger partial charge in [-0.15, -0.1) is 0 Å². The molecule has 2 aromatic rings. The van der Waals surface area contributed by atoms with Gasteiger partial charge in [0.1, 0.15) is 0 Å². The molecule has 0 N–H and O–H groups in total. The molecule has 0 bridgehead atoms. The van der Waals surface area contributed by atoms with Gasteiger partial charge >= 0.3 is 17.1 Å². The molecule has 1 aliphatic rings. The van der Waals surface area contributed by atoms with Gasteiger partial charge < -0.3 is 0 Å². The SMILES string of the molecule is CC1(C)C=CC=C1Cc1ccccc1.[Fe+2].c1cc[cH-]c1. The van der Waals surface area contributed by atoms with E-state index in [0.29, 0.717) is 0 Å². The van der Waals surface area contributed by atoms with Gasteiger partial charge in [-0.1, -0.05) is 68.0 Å². The van der Waals surface area contributed by atoms with Gasteiger partial charge in [0.2, 0.25) is 0 Å². The predicted molar refractivity (Wildman–Crippen MR) is 83.2 cm³/mol. The van der Waals surface area contributed by atoms with Crippen molar-refractivity contribution in [2.75, 3.05) is 0 Å². The topological polar surface area (TPSA) is 0 Å². The second kappa shape index (κ2) is 7.99. The van der Waals surface area contributed by atoms with Crippen LogP contribution in [0.25, 0.3) is 0 Å². The third-order valence-corrected chi connectivity index (χ3v) is 3.43. The first-order chi connectivity index (χ1) is 9.18. The molecule has 1 heteroatoms. The Morgan fingerprint density at radius 3 is 2.05 bits per heavy atom. The van der Waals surface area contributed by atoms with Crippen molar-refractivity contribution < 1.29 is 17.1 Å². The van der Waals surface area contributed by atoms with Gasteiger partial charge in [-0.05, 0) is 12.0 Å². The zero-order chi connectivity index (χ0) is 13.6. The molecule has 0 saturated carbocycles. The van der Waals surface area contributed by atoms with Crippen LogP contribution < -0.4 is 0 Å². The molecule has 0 atom stereocenters. The van der Waals surface area contributed by atoms with Crippen LogP contribution in [-0.2, 0) is 23.5 Å². The third kappa shape index (κ3) is 4.92. The van der Waals surface area contributed by atoms with E-state index in [1.165, 1.54) is 11.1 Å². The molecule has 0 amide bonds. The average molecular weight is 305 g/mol. The van der Waals surface area contributed by atoms with Crippen molar-refractivity contribution in [3.63, 3.8) is 0 Å². The fraction of sp³-hybridized carbons (Fsp3) is 0.211. The van der Waals surface area contributed by atoms with E-state index in [0.717, 1.165) is 6.42 Å². The van der Waals surface area contributed by atoms with E-state index < -0.39 is 0 Å². The van der Waals surface area contributed by atoms with Crippen molar-refractivity contribution in [2.45, 2.75) is 20.3 Å². The summed E-state index contributed by atoms with van der Waals surface area (Å²) < 4.78 is 0. The molecule has 0 saturated heterocycles. The van der Waals surface area contributed by atoms with Crippen molar-refractivity contribution >= 4 is 0 Å². The molecular weight excluding hydrogens is 284 g/mol. The van der Waals surface area contributed by atoms with E-state index in [-0.39, 0.29) is 22.5 Å². The van der Waals surface area contributed by atoms with Crippen molar-refractivity contribution in [2.24, 2.45) is 5.41 Å². The Hall–Kier alpha value is -1.43. The molecule has 0 spiro atoms. The summed E-state index contributed by atoms with van der Waals surface area (Å²) in [6, 6.07) is 20.6. The predicted octanol–water partition coefficient (Wildman–Crippen LogP) is 5.15. The van der Waals surface area contributed by atoms with E-state index in [9.17, 15) is 0 Å². The number of benzene rings is 1. The maximum Gasteiger partial charge on any atom is 2.00 e. The normalized spacial score (nSPS) is 14.8. The number of hydrogen-bond acceptors (Lipinski definition) is 0. The summed E-state index contributed by atoms with van der Waals surface area (Å²) in [6.07, 6.45) is 7.75. The summed E-state index contributed by atoms with van der Waals surface area (Å²) in [5.74, 6) is 0. The van der Waals surface area contributed by atoms with Gasteiger partial charge in [-0.3, -0.25) is 0 Å². The Bertz CT molecular complexity index is 513. The largest absolute Gasteiger partial charge is 2.00 e. The molecule has 1 aliphatic carbocycles. The molecule has 0 fully saturated rings. The number of hydrogen-bond donors (Lipinski definition) is 0. The minimum Gasteiger partial charge on any atom is -0.214 e. The minimum absolute atomic E-state index is 0. The third-order valence-electron chi connectivity index (χ3n) is 3.43. The van der Waals surface area contributed by atoms with Crippen molar-refractivity contribution in [3.05, 3.63) is 90.0 Å². The first-order valence-corrected chi connectivity index (χ1v) is 6.78. The van der Waals surface area contributed by atoms with Gasteiger partial charge in [0.05, 0.1) is 0 Å². The van der Waals surface area contributed by atoms with Crippen LogP contribution in [0.2, 0.25) is 0 Å². The fourth-order valence-corrected chi connectivity index (χ4v) is 2.15. The second-order valence-electron chi connectivity index (χ2n) is 5.40. The molecule has 0 aliphatic heterocycles. The summed E-state index contributed by atoms with van der Waals surface area (Å²) in [4.78, 5) is 0. The van der Waals surface area contributed by atoms with Crippen LogP contribution in [0.1, 0.15) is 19.4 Å². The molecule has 2 aromatic carbocycles. The summed E-state index contributed by atoms with van der Waals surface area (Å²) >= 11 is 0. The Morgan fingerprint density at radius 1 is 0.950 bits per heavy atom. The van der Waals surface area contributed by atoms with E-state index in [1.807, 2.05) is 30.3 Å². The van der Waals surface area contributed by atoms with E-state index in [1.54, 1.807) is 0 Å².